The summed E-state index contributed by atoms with van der Waals surface area (Å²) in [5.74, 6) is 1.07. The van der Waals surface area contributed by atoms with Gasteiger partial charge in [-0.15, -0.1) is 0 Å². The molecular weight excluding hydrogens is 328 g/mol. The molecule has 1 unspecified atom stereocenters. The number of nitrogens with one attached hydrogen (secondary N) is 3. The van der Waals surface area contributed by atoms with Gasteiger partial charge in [0.2, 0.25) is 0 Å². The van der Waals surface area contributed by atoms with E-state index in [1.807, 2.05) is 23.9 Å². The summed E-state index contributed by atoms with van der Waals surface area (Å²) in [5, 5.41) is 8.06. The van der Waals surface area contributed by atoms with Crippen molar-refractivity contribution in [3.63, 3.8) is 0 Å². The zero-order chi connectivity index (χ0) is 17.1. The molecule has 0 amide bonds. The SMILES string of the molecule is CNC1CCNc2c(CCCSc3nc4ccccc4[nH]3)cccc21. The molecule has 25 heavy (non-hydrogen) atoms. The second kappa shape index (κ2) is 7.50. The van der Waals surface area contributed by atoms with E-state index in [9.17, 15) is 0 Å². The fourth-order valence-corrected chi connectivity index (χ4v) is 4.39. The van der Waals surface area contributed by atoms with Crippen LogP contribution in [0.4, 0.5) is 5.69 Å². The van der Waals surface area contributed by atoms with Crippen LogP contribution in [0, 0.1) is 0 Å². The van der Waals surface area contributed by atoms with E-state index in [1.165, 1.54) is 16.8 Å². The molecule has 1 aliphatic heterocycles. The van der Waals surface area contributed by atoms with Crippen LogP contribution in [0.3, 0.4) is 0 Å². The molecular formula is C20H24N4S. The number of benzene rings is 2. The fraction of sp³-hybridized carbons (Fsp3) is 0.350. The van der Waals surface area contributed by atoms with E-state index in [0.717, 1.165) is 47.7 Å². The Labute approximate surface area is 152 Å². The number of anilines is 1. The third-order valence-corrected chi connectivity index (χ3v) is 5.80. The van der Waals surface area contributed by atoms with Gasteiger partial charge in [-0.1, -0.05) is 42.1 Å². The summed E-state index contributed by atoms with van der Waals surface area (Å²) in [4.78, 5) is 8.02. The molecule has 0 aliphatic carbocycles. The first kappa shape index (κ1) is 16.5. The number of nitrogens with zero attached hydrogens (tertiary/aromatic N) is 1. The van der Waals surface area contributed by atoms with Gasteiger partial charge in [-0.3, -0.25) is 0 Å². The van der Waals surface area contributed by atoms with E-state index in [1.54, 1.807) is 0 Å². The van der Waals surface area contributed by atoms with Crippen LogP contribution in [0.2, 0.25) is 0 Å². The van der Waals surface area contributed by atoms with Gasteiger partial charge in [0.15, 0.2) is 5.16 Å². The minimum absolute atomic E-state index is 0.473. The van der Waals surface area contributed by atoms with Crippen LogP contribution in [0.5, 0.6) is 0 Å². The summed E-state index contributed by atoms with van der Waals surface area (Å²) in [6.45, 7) is 1.04. The molecule has 1 aromatic heterocycles. The quantitative estimate of drug-likeness (QED) is 0.456. The number of aryl methyl sites for hydroxylation is 1. The first-order valence-corrected chi connectivity index (χ1v) is 9.94. The first-order chi connectivity index (χ1) is 12.3. The molecule has 1 atom stereocenters. The van der Waals surface area contributed by atoms with Crippen molar-refractivity contribution in [1.82, 2.24) is 15.3 Å². The highest BCUT2D eigenvalue weighted by atomic mass is 32.2. The zero-order valence-electron chi connectivity index (χ0n) is 14.5. The van der Waals surface area contributed by atoms with Crippen LogP contribution in [-0.2, 0) is 6.42 Å². The van der Waals surface area contributed by atoms with E-state index >= 15 is 0 Å². The van der Waals surface area contributed by atoms with E-state index in [0.29, 0.717) is 6.04 Å². The summed E-state index contributed by atoms with van der Waals surface area (Å²) >= 11 is 1.81. The molecule has 2 aromatic carbocycles. The van der Waals surface area contributed by atoms with Crippen molar-refractivity contribution in [3.05, 3.63) is 53.6 Å². The van der Waals surface area contributed by atoms with Crippen molar-refractivity contribution in [2.24, 2.45) is 0 Å². The Balaban J connectivity index is 1.37. The van der Waals surface area contributed by atoms with Gasteiger partial charge in [-0.05, 0) is 49.6 Å². The second-order valence-electron chi connectivity index (χ2n) is 6.45. The Hall–Kier alpha value is -1.98. The minimum atomic E-state index is 0.473. The maximum Gasteiger partial charge on any atom is 0.166 e. The number of hydrogen-bond donors (Lipinski definition) is 3. The van der Waals surface area contributed by atoms with Crippen LogP contribution in [0.15, 0.2) is 47.6 Å². The molecule has 3 aromatic rings. The number of fused-ring (bicyclic) bond motifs is 2. The average molecular weight is 353 g/mol. The lowest BCUT2D eigenvalue weighted by atomic mass is 9.93. The third kappa shape index (κ3) is 3.53. The Morgan fingerprint density at radius 3 is 3.00 bits per heavy atom. The zero-order valence-corrected chi connectivity index (χ0v) is 15.3. The number of imidazole rings is 1. The highest BCUT2D eigenvalue weighted by molar-refractivity contribution is 7.99. The van der Waals surface area contributed by atoms with Crippen molar-refractivity contribution in [2.75, 3.05) is 24.7 Å². The number of H-pyrrole nitrogens is 1. The van der Waals surface area contributed by atoms with E-state index in [4.69, 9.17) is 0 Å². The Morgan fingerprint density at radius 1 is 1.20 bits per heavy atom. The van der Waals surface area contributed by atoms with Crippen molar-refractivity contribution in [1.29, 1.82) is 0 Å². The van der Waals surface area contributed by atoms with E-state index in [2.05, 4.69) is 58.0 Å². The van der Waals surface area contributed by atoms with E-state index < -0.39 is 0 Å². The van der Waals surface area contributed by atoms with Crippen LogP contribution < -0.4 is 10.6 Å². The highest BCUT2D eigenvalue weighted by Crippen LogP contribution is 2.33. The molecule has 0 saturated heterocycles. The lowest BCUT2D eigenvalue weighted by Gasteiger charge is -2.28. The molecule has 0 spiro atoms. The second-order valence-corrected chi connectivity index (χ2v) is 7.53. The van der Waals surface area contributed by atoms with Crippen molar-refractivity contribution < 1.29 is 0 Å². The monoisotopic (exact) mass is 352 g/mol. The number of hydrogen-bond acceptors (Lipinski definition) is 4. The first-order valence-electron chi connectivity index (χ1n) is 8.95. The van der Waals surface area contributed by atoms with Crippen molar-refractivity contribution >= 4 is 28.5 Å². The normalized spacial score (nSPS) is 16.6. The summed E-state index contributed by atoms with van der Waals surface area (Å²) in [6.07, 6.45) is 3.39. The van der Waals surface area contributed by atoms with Gasteiger partial charge in [0.25, 0.3) is 0 Å². The Bertz CT molecular complexity index is 825. The van der Waals surface area contributed by atoms with Gasteiger partial charge in [0.05, 0.1) is 11.0 Å². The molecule has 4 rings (SSSR count). The molecule has 5 heteroatoms. The summed E-state index contributed by atoms with van der Waals surface area (Å²) in [5.41, 5.74) is 6.36. The van der Waals surface area contributed by atoms with E-state index in [-0.39, 0.29) is 0 Å². The molecule has 4 nitrogen and oxygen atoms in total. The van der Waals surface area contributed by atoms with Crippen molar-refractivity contribution in [3.8, 4) is 0 Å². The smallest absolute Gasteiger partial charge is 0.166 e. The molecule has 130 valence electrons. The third-order valence-electron chi connectivity index (χ3n) is 4.84. The standard InChI is InChI=1S/C20H24N4S/c1-21-16-11-12-22-19-14(6-4-8-15(16)19)7-5-13-25-20-23-17-9-2-3-10-18(17)24-20/h2-4,6,8-10,16,21-22H,5,7,11-13H2,1H3,(H,23,24). The molecule has 1 aliphatic rings. The lowest BCUT2D eigenvalue weighted by molar-refractivity contribution is 0.550. The predicted molar refractivity (Wildman–Crippen MR) is 106 cm³/mol. The van der Waals surface area contributed by atoms with Crippen LogP contribution >= 0.6 is 11.8 Å². The number of rotatable bonds is 6. The van der Waals surface area contributed by atoms with Crippen LogP contribution in [-0.4, -0.2) is 29.3 Å². The molecule has 0 saturated carbocycles. The Morgan fingerprint density at radius 2 is 2.12 bits per heavy atom. The van der Waals surface area contributed by atoms with Crippen LogP contribution in [0.1, 0.15) is 30.0 Å². The predicted octanol–water partition coefficient (Wildman–Crippen LogP) is 4.36. The highest BCUT2D eigenvalue weighted by Gasteiger charge is 2.20. The van der Waals surface area contributed by atoms with Gasteiger partial charge >= 0.3 is 0 Å². The number of thioether (sulfide) groups is 1. The van der Waals surface area contributed by atoms with Crippen molar-refractivity contribution in [2.45, 2.75) is 30.5 Å². The van der Waals surface area contributed by atoms with Gasteiger partial charge in [0, 0.05) is 24.0 Å². The summed E-state index contributed by atoms with van der Waals surface area (Å²) < 4.78 is 0. The van der Waals surface area contributed by atoms with Gasteiger partial charge < -0.3 is 15.6 Å². The van der Waals surface area contributed by atoms with Gasteiger partial charge in [0.1, 0.15) is 0 Å². The summed E-state index contributed by atoms with van der Waals surface area (Å²) in [7, 11) is 2.05. The van der Waals surface area contributed by atoms with Gasteiger partial charge in [-0.2, -0.15) is 0 Å². The van der Waals surface area contributed by atoms with Gasteiger partial charge in [-0.25, -0.2) is 4.98 Å². The molecule has 3 N–H and O–H groups in total. The molecule has 2 heterocycles. The lowest BCUT2D eigenvalue weighted by Crippen LogP contribution is -2.26. The summed E-state index contributed by atoms with van der Waals surface area (Å²) in [6, 6.07) is 15.4. The maximum atomic E-state index is 4.64. The van der Waals surface area contributed by atoms with Crippen LogP contribution in [0.25, 0.3) is 11.0 Å². The molecule has 0 radical (unpaired) electrons. The molecule has 0 bridgehead atoms. The fourth-order valence-electron chi connectivity index (χ4n) is 3.56. The number of aromatic amines is 1. The minimum Gasteiger partial charge on any atom is -0.384 e. The average Bonchev–Trinajstić information content (AvgIpc) is 3.07. The Kier molecular flexibility index (Phi) is 4.95. The largest absolute Gasteiger partial charge is 0.384 e. The number of aromatic nitrogens is 2. The topological polar surface area (TPSA) is 52.7 Å². The molecule has 0 fully saturated rings. The maximum absolute atomic E-state index is 4.64. The number of para-hydroxylation sites is 3.